The van der Waals surface area contributed by atoms with Gasteiger partial charge in [-0.25, -0.2) is 4.79 Å². The molecule has 2 aromatic rings. The van der Waals surface area contributed by atoms with Gasteiger partial charge in [0.1, 0.15) is 5.75 Å². The minimum atomic E-state index is -1.05. The molecule has 154 valence electrons. The Hall–Kier alpha value is -3.35. The van der Waals surface area contributed by atoms with Crippen LogP contribution in [-0.4, -0.2) is 36.0 Å². The molecule has 0 aliphatic carbocycles. The van der Waals surface area contributed by atoms with Crippen LogP contribution in [0.3, 0.4) is 0 Å². The summed E-state index contributed by atoms with van der Waals surface area (Å²) in [7, 11) is 0. The van der Waals surface area contributed by atoms with Gasteiger partial charge < -0.3 is 20.5 Å². The summed E-state index contributed by atoms with van der Waals surface area (Å²) in [5.74, 6) is -1.06. The van der Waals surface area contributed by atoms with Gasteiger partial charge in [0.25, 0.3) is 0 Å². The van der Waals surface area contributed by atoms with Crippen LogP contribution in [0.4, 0.5) is 0 Å². The number of carbonyl (C=O) groups is 3. The highest BCUT2D eigenvalue weighted by atomic mass is 16.5. The molecule has 0 radical (unpaired) electrons. The van der Waals surface area contributed by atoms with E-state index in [-0.39, 0.29) is 24.4 Å². The number of carboxylic acid groups (broad SMARTS) is 1. The van der Waals surface area contributed by atoms with Crippen molar-refractivity contribution in [3.63, 3.8) is 0 Å². The van der Waals surface area contributed by atoms with Crippen LogP contribution in [0, 0.1) is 6.92 Å². The average molecular weight is 398 g/mol. The highest BCUT2D eigenvalue weighted by molar-refractivity contribution is 5.84. The largest absolute Gasteiger partial charge is 0.482 e. The normalized spacial score (nSPS) is 11.4. The number of rotatable bonds is 10. The van der Waals surface area contributed by atoms with Crippen molar-refractivity contribution in [1.82, 2.24) is 10.6 Å². The number of hydrogen-bond donors (Lipinski definition) is 3. The number of aryl methyl sites for hydroxylation is 2. The molecule has 0 fully saturated rings. The van der Waals surface area contributed by atoms with E-state index in [2.05, 4.69) is 10.6 Å². The molecule has 3 N–H and O–H groups in total. The van der Waals surface area contributed by atoms with Crippen LogP contribution in [0.25, 0.3) is 0 Å². The van der Waals surface area contributed by atoms with Crippen LogP contribution in [0.5, 0.6) is 5.75 Å². The Morgan fingerprint density at radius 3 is 2.28 bits per heavy atom. The topological polar surface area (TPSA) is 105 Å². The Bertz CT molecular complexity index is 831. The summed E-state index contributed by atoms with van der Waals surface area (Å²) >= 11 is 0. The number of nitrogens with one attached hydrogen (secondary N) is 2. The maximum Gasteiger partial charge on any atom is 0.341 e. The number of hydrogen-bond acceptors (Lipinski definition) is 4. The number of benzene rings is 2. The van der Waals surface area contributed by atoms with Gasteiger partial charge in [-0.15, -0.1) is 0 Å². The van der Waals surface area contributed by atoms with Crippen LogP contribution in [0.1, 0.15) is 36.1 Å². The molecule has 7 nitrogen and oxygen atoms in total. The fourth-order valence-corrected chi connectivity index (χ4v) is 2.65. The molecule has 0 aliphatic heterocycles. The molecule has 7 heteroatoms. The molecular weight excluding hydrogens is 372 g/mol. The summed E-state index contributed by atoms with van der Waals surface area (Å²) in [6.07, 6.45) is 0.949. The minimum Gasteiger partial charge on any atom is -0.482 e. The zero-order valence-electron chi connectivity index (χ0n) is 16.6. The first-order valence-corrected chi connectivity index (χ1v) is 9.39. The lowest BCUT2D eigenvalue weighted by Gasteiger charge is -2.15. The summed E-state index contributed by atoms with van der Waals surface area (Å²) in [6, 6.07) is 14.5. The van der Waals surface area contributed by atoms with Crippen molar-refractivity contribution in [2.45, 2.75) is 32.7 Å². The van der Waals surface area contributed by atoms with Crippen molar-refractivity contribution < 1.29 is 24.2 Å². The van der Waals surface area contributed by atoms with Gasteiger partial charge in [-0.05, 0) is 43.5 Å². The van der Waals surface area contributed by atoms with Crippen LogP contribution >= 0.6 is 0 Å². The van der Waals surface area contributed by atoms with E-state index in [1.165, 1.54) is 5.56 Å². The first-order valence-electron chi connectivity index (χ1n) is 9.39. The van der Waals surface area contributed by atoms with Crippen molar-refractivity contribution in [2.75, 3.05) is 13.2 Å². The highest BCUT2D eigenvalue weighted by Crippen LogP contribution is 2.17. The lowest BCUT2D eigenvalue weighted by atomic mass is 10.1. The fraction of sp³-hybridized carbons (Fsp3) is 0.318. The molecule has 0 heterocycles. The second kappa shape index (κ2) is 10.8. The smallest absolute Gasteiger partial charge is 0.341 e. The molecule has 29 heavy (non-hydrogen) atoms. The summed E-state index contributed by atoms with van der Waals surface area (Å²) in [5, 5.41) is 14.0. The minimum absolute atomic E-state index is 0.0864. The Morgan fingerprint density at radius 1 is 1.00 bits per heavy atom. The monoisotopic (exact) mass is 398 g/mol. The van der Waals surface area contributed by atoms with E-state index in [0.29, 0.717) is 18.6 Å². The molecule has 0 bridgehead atoms. The quantitative estimate of drug-likeness (QED) is 0.570. The van der Waals surface area contributed by atoms with Gasteiger partial charge in [0, 0.05) is 6.42 Å². The second-order valence-corrected chi connectivity index (χ2v) is 6.80. The van der Waals surface area contributed by atoms with Crippen molar-refractivity contribution in [1.29, 1.82) is 0 Å². The summed E-state index contributed by atoms with van der Waals surface area (Å²) in [6.45, 7) is 3.34. The van der Waals surface area contributed by atoms with E-state index in [9.17, 15) is 14.4 Å². The standard InChI is InChI=1S/C22H26N2O5/c1-15-3-5-17(6-4-15)7-12-20(25)23-13-21(26)24-16(2)18-8-10-19(11-9-18)29-14-22(27)28/h3-6,8-11,16H,7,12-14H2,1-2H3,(H,23,25)(H,24,26)(H,27,28). The van der Waals surface area contributed by atoms with Gasteiger partial charge in [-0.1, -0.05) is 42.0 Å². The molecule has 2 rings (SSSR count). The van der Waals surface area contributed by atoms with Crippen molar-refractivity contribution in [3.05, 3.63) is 65.2 Å². The number of carbonyl (C=O) groups excluding carboxylic acids is 2. The zero-order chi connectivity index (χ0) is 21.2. The average Bonchev–Trinajstić information content (AvgIpc) is 2.70. The van der Waals surface area contributed by atoms with Crippen LogP contribution in [0.2, 0.25) is 0 Å². The Labute approximate surface area is 170 Å². The predicted molar refractivity (Wildman–Crippen MR) is 109 cm³/mol. The molecule has 0 aliphatic rings. The van der Waals surface area contributed by atoms with E-state index in [1.54, 1.807) is 24.3 Å². The van der Waals surface area contributed by atoms with Crippen LogP contribution in [0.15, 0.2) is 48.5 Å². The molecule has 0 saturated heterocycles. The first kappa shape index (κ1) is 21.9. The number of aliphatic carboxylic acids is 1. The van der Waals surface area contributed by atoms with Gasteiger partial charge >= 0.3 is 5.97 Å². The maximum atomic E-state index is 12.1. The number of carboxylic acids is 1. The van der Waals surface area contributed by atoms with E-state index in [1.807, 2.05) is 38.1 Å². The summed E-state index contributed by atoms with van der Waals surface area (Å²) < 4.78 is 5.07. The third-order valence-corrected chi connectivity index (χ3v) is 4.33. The Balaban J connectivity index is 1.71. The third-order valence-electron chi connectivity index (χ3n) is 4.33. The van der Waals surface area contributed by atoms with Crippen LogP contribution < -0.4 is 15.4 Å². The molecule has 2 aromatic carbocycles. The van der Waals surface area contributed by atoms with Crippen LogP contribution in [-0.2, 0) is 20.8 Å². The lowest BCUT2D eigenvalue weighted by Crippen LogP contribution is -2.38. The van der Waals surface area contributed by atoms with Gasteiger partial charge in [-0.2, -0.15) is 0 Å². The van der Waals surface area contributed by atoms with Gasteiger partial charge in [0.2, 0.25) is 11.8 Å². The van der Waals surface area contributed by atoms with Crippen molar-refractivity contribution in [3.8, 4) is 5.75 Å². The summed E-state index contributed by atoms with van der Waals surface area (Å²) in [5.41, 5.74) is 3.10. The second-order valence-electron chi connectivity index (χ2n) is 6.80. The molecule has 2 amide bonds. The Kier molecular flexibility index (Phi) is 8.21. The number of amides is 2. The van der Waals surface area contributed by atoms with Crippen molar-refractivity contribution in [2.24, 2.45) is 0 Å². The maximum absolute atomic E-state index is 12.1. The molecule has 0 saturated carbocycles. The van der Waals surface area contributed by atoms with E-state index in [4.69, 9.17) is 9.84 Å². The molecule has 0 spiro atoms. The van der Waals surface area contributed by atoms with Gasteiger partial charge in [-0.3, -0.25) is 9.59 Å². The van der Waals surface area contributed by atoms with Gasteiger partial charge in [0.15, 0.2) is 6.61 Å². The van der Waals surface area contributed by atoms with Gasteiger partial charge in [0.05, 0.1) is 12.6 Å². The number of ether oxygens (including phenoxy) is 1. The highest BCUT2D eigenvalue weighted by Gasteiger charge is 2.11. The SMILES string of the molecule is Cc1ccc(CCC(=O)NCC(=O)NC(C)c2ccc(OCC(=O)O)cc2)cc1. The lowest BCUT2D eigenvalue weighted by molar-refractivity contribution is -0.139. The first-order chi connectivity index (χ1) is 13.8. The summed E-state index contributed by atoms with van der Waals surface area (Å²) in [4.78, 5) is 34.5. The molecule has 0 aromatic heterocycles. The molecular formula is C22H26N2O5. The molecule has 1 unspecified atom stereocenters. The van der Waals surface area contributed by atoms with Crippen molar-refractivity contribution >= 4 is 17.8 Å². The predicted octanol–water partition coefficient (Wildman–Crippen LogP) is 2.38. The Morgan fingerprint density at radius 2 is 1.66 bits per heavy atom. The zero-order valence-corrected chi connectivity index (χ0v) is 16.6. The fourth-order valence-electron chi connectivity index (χ4n) is 2.65. The van der Waals surface area contributed by atoms with E-state index >= 15 is 0 Å². The third kappa shape index (κ3) is 8.04. The van der Waals surface area contributed by atoms with E-state index in [0.717, 1.165) is 11.1 Å². The molecule has 1 atom stereocenters. The van der Waals surface area contributed by atoms with E-state index < -0.39 is 12.6 Å².